The maximum atomic E-state index is 12.4. The maximum absolute atomic E-state index is 12.4. The van der Waals surface area contributed by atoms with Crippen LogP contribution in [0.25, 0.3) is 0 Å². The third-order valence-corrected chi connectivity index (χ3v) is 4.95. The predicted octanol–water partition coefficient (Wildman–Crippen LogP) is 2.36. The van der Waals surface area contributed by atoms with Gasteiger partial charge < -0.3 is 19.9 Å². The number of piperazine rings is 1. The number of anilines is 1. The van der Waals surface area contributed by atoms with Crippen LogP contribution in [0.5, 0.6) is 5.75 Å². The van der Waals surface area contributed by atoms with Crippen LogP contribution in [0.4, 0.5) is 5.69 Å². The van der Waals surface area contributed by atoms with Crippen molar-refractivity contribution in [2.45, 2.75) is 19.9 Å². The van der Waals surface area contributed by atoms with Crippen LogP contribution in [0.2, 0.25) is 0 Å². The van der Waals surface area contributed by atoms with Crippen LogP contribution >= 0.6 is 0 Å². The smallest absolute Gasteiger partial charge is 0.232 e. The van der Waals surface area contributed by atoms with Crippen LogP contribution in [-0.4, -0.2) is 50.0 Å². The molecule has 1 N–H and O–H groups in total. The van der Waals surface area contributed by atoms with Gasteiger partial charge in [0.05, 0.1) is 7.11 Å². The molecule has 6 heteroatoms. The molecule has 3 rings (SSSR count). The molecule has 2 aromatic rings. The summed E-state index contributed by atoms with van der Waals surface area (Å²) in [5, 5.41) is 2.83. The van der Waals surface area contributed by atoms with Crippen LogP contribution in [0.15, 0.2) is 48.5 Å². The van der Waals surface area contributed by atoms with E-state index in [1.54, 1.807) is 12.0 Å². The van der Waals surface area contributed by atoms with Crippen molar-refractivity contribution in [2.24, 2.45) is 0 Å². The Morgan fingerprint density at radius 2 is 1.75 bits per heavy atom. The lowest BCUT2D eigenvalue weighted by Crippen LogP contribution is -2.49. The summed E-state index contributed by atoms with van der Waals surface area (Å²) in [6, 6.07) is 15.9. The number of nitrogens with one attached hydrogen (secondary N) is 1. The van der Waals surface area contributed by atoms with Crippen molar-refractivity contribution in [3.63, 3.8) is 0 Å². The Morgan fingerprint density at radius 3 is 2.39 bits per heavy atom. The fourth-order valence-corrected chi connectivity index (χ4v) is 3.34. The van der Waals surface area contributed by atoms with Crippen molar-refractivity contribution in [3.05, 3.63) is 59.7 Å². The van der Waals surface area contributed by atoms with E-state index in [1.807, 2.05) is 55.5 Å². The van der Waals surface area contributed by atoms with Gasteiger partial charge in [0.15, 0.2) is 0 Å². The molecular weight excluding hydrogens is 354 g/mol. The number of carbonyl (C=O) groups is 2. The lowest BCUT2D eigenvalue weighted by molar-refractivity contribution is -0.136. The van der Waals surface area contributed by atoms with Crippen LogP contribution in [0.3, 0.4) is 0 Å². The molecule has 6 nitrogen and oxygen atoms in total. The molecule has 1 heterocycles. The molecule has 0 saturated carbocycles. The Bertz CT molecular complexity index is 812. The number of methoxy groups -OCH3 is 1. The fourth-order valence-electron chi connectivity index (χ4n) is 3.34. The van der Waals surface area contributed by atoms with Gasteiger partial charge in [0.25, 0.3) is 0 Å². The second-order valence-corrected chi connectivity index (χ2v) is 7.01. The highest BCUT2D eigenvalue weighted by Gasteiger charge is 2.23. The number of amides is 2. The van der Waals surface area contributed by atoms with Gasteiger partial charge in [-0.25, -0.2) is 0 Å². The number of hydrogen-bond acceptors (Lipinski definition) is 4. The van der Waals surface area contributed by atoms with E-state index in [9.17, 15) is 9.59 Å². The summed E-state index contributed by atoms with van der Waals surface area (Å²) in [5.74, 6) is 0.481. The average molecular weight is 381 g/mol. The summed E-state index contributed by atoms with van der Waals surface area (Å²) in [6.45, 7) is 5.21. The summed E-state index contributed by atoms with van der Waals surface area (Å²) in [5.41, 5.74) is 3.30. The second kappa shape index (κ2) is 9.26. The van der Waals surface area contributed by atoms with E-state index >= 15 is 0 Å². The van der Waals surface area contributed by atoms with Crippen molar-refractivity contribution < 1.29 is 14.3 Å². The van der Waals surface area contributed by atoms with Gasteiger partial charge in [0.1, 0.15) is 12.2 Å². The Labute approximate surface area is 166 Å². The number of hydrogen-bond donors (Lipinski definition) is 1. The van der Waals surface area contributed by atoms with Gasteiger partial charge in [0.2, 0.25) is 11.8 Å². The highest BCUT2D eigenvalue weighted by Crippen LogP contribution is 2.20. The van der Waals surface area contributed by atoms with Gasteiger partial charge in [-0.05, 0) is 36.8 Å². The van der Waals surface area contributed by atoms with E-state index in [0.29, 0.717) is 19.6 Å². The highest BCUT2D eigenvalue weighted by atomic mass is 16.5. The molecule has 2 aromatic carbocycles. The van der Waals surface area contributed by atoms with Crippen LogP contribution < -0.4 is 15.0 Å². The van der Waals surface area contributed by atoms with Crippen molar-refractivity contribution in [3.8, 4) is 5.75 Å². The van der Waals surface area contributed by atoms with Crippen LogP contribution in [-0.2, 0) is 16.1 Å². The van der Waals surface area contributed by atoms with Crippen molar-refractivity contribution in [1.82, 2.24) is 10.2 Å². The summed E-state index contributed by atoms with van der Waals surface area (Å²) in [7, 11) is 1.65. The van der Waals surface area contributed by atoms with E-state index < -0.39 is 0 Å². The molecule has 1 aliphatic rings. The zero-order valence-electron chi connectivity index (χ0n) is 16.5. The summed E-state index contributed by atoms with van der Waals surface area (Å²) >= 11 is 0. The number of ether oxygens (including phenoxy) is 1. The van der Waals surface area contributed by atoms with Gasteiger partial charge in [-0.3, -0.25) is 9.59 Å². The average Bonchev–Trinajstić information content (AvgIpc) is 2.72. The van der Waals surface area contributed by atoms with E-state index in [2.05, 4.69) is 10.2 Å². The SMILES string of the molecule is COc1ccc(N2CCN(C(=O)CC(=O)NCc3cccc(C)c3)CC2)cc1. The van der Waals surface area contributed by atoms with E-state index in [4.69, 9.17) is 4.74 Å². The van der Waals surface area contributed by atoms with E-state index in [-0.39, 0.29) is 18.2 Å². The minimum atomic E-state index is -0.232. The molecule has 1 fully saturated rings. The first-order valence-corrected chi connectivity index (χ1v) is 9.54. The zero-order valence-corrected chi connectivity index (χ0v) is 16.5. The summed E-state index contributed by atoms with van der Waals surface area (Å²) in [6.07, 6.45) is -0.103. The standard InChI is InChI=1S/C22H27N3O3/c1-17-4-3-5-18(14-17)16-23-21(26)15-22(27)25-12-10-24(11-13-25)19-6-8-20(28-2)9-7-19/h3-9,14H,10-13,15-16H2,1-2H3,(H,23,26). The molecule has 0 atom stereocenters. The fraction of sp³-hybridized carbons (Fsp3) is 0.364. The lowest BCUT2D eigenvalue weighted by atomic mass is 10.1. The lowest BCUT2D eigenvalue weighted by Gasteiger charge is -2.36. The van der Waals surface area contributed by atoms with E-state index in [0.717, 1.165) is 35.7 Å². The minimum absolute atomic E-state index is 0.103. The first kappa shape index (κ1) is 19.7. The van der Waals surface area contributed by atoms with Crippen LogP contribution in [0, 0.1) is 6.92 Å². The third kappa shape index (κ3) is 5.25. The monoisotopic (exact) mass is 381 g/mol. The molecule has 148 valence electrons. The van der Waals surface area contributed by atoms with Crippen molar-refractivity contribution in [1.29, 1.82) is 0 Å². The van der Waals surface area contributed by atoms with Gasteiger partial charge in [-0.15, -0.1) is 0 Å². The molecule has 2 amide bonds. The topological polar surface area (TPSA) is 61.9 Å². The zero-order chi connectivity index (χ0) is 19.9. The molecule has 0 radical (unpaired) electrons. The van der Waals surface area contributed by atoms with E-state index in [1.165, 1.54) is 0 Å². The predicted molar refractivity (Wildman–Crippen MR) is 109 cm³/mol. The van der Waals surface area contributed by atoms with Gasteiger partial charge >= 0.3 is 0 Å². The Hall–Kier alpha value is -3.02. The van der Waals surface area contributed by atoms with Gasteiger partial charge in [0, 0.05) is 38.4 Å². The molecule has 28 heavy (non-hydrogen) atoms. The molecule has 0 unspecified atom stereocenters. The van der Waals surface area contributed by atoms with Crippen molar-refractivity contribution >= 4 is 17.5 Å². The quantitative estimate of drug-likeness (QED) is 0.781. The molecule has 0 spiro atoms. The number of carbonyl (C=O) groups excluding carboxylic acids is 2. The molecule has 0 bridgehead atoms. The first-order chi connectivity index (χ1) is 13.5. The molecular formula is C22H27N3O3. The Kier molecular flexibility index (Phi) is 6.53. The normalized spacial score (nSPS) is 13.9. The second-order valence-electron chi connectivity index (χ2n) is 7.01. The summed E-state index contributed by atoms with van der Waals surface area (Å²) in [4.78, 5) is 28.6. The molecule has 1 aliphatic heterocycles. The summed E-state index contributed by atoms with van der Waals surface area (Å²) < 4.78 is 5.19. The highest BCUT2D eigenvalue weighted by molar-refractivity contribution is 5.96. The largest absolute Gasteiger partial charge is 0.497 e. The number of aryl methyl sites for hydroxylation is 1. The Balaban J connectivity index is 1.43. The molecule has 1 saturated heterocycles. The molecule has 0 aromatic heterocycles. The van der Waals surface area contributed by atoms with Gasteiger partial charge in [-0.1, -0.05) is 29.8 Å². The van der Waals surface area contributed by atoms with Crippen molar-refractivity contribution in [2.75, 3.05) is 38.2 Å². The molecule has 0 aliphatic carbocycles. The van der Waals surface area contributed by atoms with Gasteiger partial charge in [-0.2, -0.15) is 0 Å². The minimum Gasteiger partial charge on any atom is -0.497 e. The van der Waals surface area contributed by atoms with Crippen LogP contribution in [0.1, 0.15) is 17.5 Å². The number of rotatable bonds is 6. The first-order valence-electron chi connectivity index (χ1n) is 9.54. The third-order valence-electron chi connectivity index (χ3n) is 4.95. The maximum Gasteiger partial charge on any atom is 0.232 e. The Morgan fingerprint density at radius 1 is 1.04 bits per heavy atom. The number of nitrogens with zero attached hydrogens (tertiary/aromatic N) is 2. The number of benzene rings is 2.